The van der Waals surface area contributed by atoms with Gasteiger partial charge in [0.2, 0.25) is 17.6 Å². The second-order valence-electron chi connectivity index (χ2n) is 13.3. The minimum Gasteiger partial charge on any atom is -0.444 e. The SMILES string of the molecule is C/C=C(\C)C(=O)CC[C@H](NC(=O)OC(C)(C)C)C(=O)N1CC2[C@@H](C1C(=O)NC(CC1CCC1)C(=O)C(N)=O)C2(C)C. The lowest BCUT2D eigenvalue weighted by molar-refractivity contribution is -0.144. The van der Waals surface area contributed by atoms with Crippen LogP contribution in [-0.2, 0) is 28.7 Å². The number of allylic oxidation sites excluding steroid dienone is 2. The molecule has 0 radical (unpaired) electrons. The van der Waals surface area contributed by atoms with Crippen LogP contribution in [0.15, 0.2) is 11.6 Å². The predicted octanol–water partition coefficient (Wildman–Crippen LogP) is 2.41. The summed E-state index contributed by atoms with van der Waals surface area (Å²) in [6, 6.07) is -3.06. The summed E-state index contributed by atoms with van der Waals surface area (Å²) in [5, 5.41) is 5.36. The fourth-order valence-corrected chi connectivity index (χ4v) is 6.08. The van der Waals surface area contributed by atoms with Gasteiger partial charge in [0.05, 0.1) is 6.04 Å². The number of ketones is 2. The van der Waals surface area contributed by atoms with Gasteiger partial charge in [-0.1, -0.05) is 39.2 Å². The zero-order valence-electron chi connectivity index (χ0n) is 25.4. The standard InChI is InChI=1S/C30H46N4O7/c1-8-16(2)21(35)13-12-19(33-28(40)41-29(3,4)5)27(39)34-15-18-22(30(18,6)7)23(34)26(38)32-20(24(36)25(31)37)14-17-10-9-11-17/h8,17-20,22-23H,9-15H2,1-7H3,(H2,31,37)(H,32,38)(H,33,40)/b16-8+/t18?,19-,20?,22-,23?/m0/s1. The zero-order chi connectivity index (χ0) is 30.9. The molecule has 4 N–H and O–H groups in total. The highest BCUT2D eigenvalue weighted by atomic mass is 16.6. The molecule has 0 aromatic carbocycles. The van der Waals surface area contributed by atoms with Gasteiger partial charge in [-0.3, -0.25) is 24.0 Å². The molecule has 2 aliphatic carbocycles. The van der Waals surface area contributed by atoms with Crippen molar-refractivity contribution in [3.63, 3.8) is 0 Å². The number of carbonyl (C=O) groups excluding carboxylic acids is 6. The minimum atomic E-state index is -1.11. The van der Waals surface area contributed by atoms with E-state index in [0.29, 0.717) is 18.5 Å². The normalized spacial score (nSPS) is 24.8. The van der Waals surface area contributed by atoms with Crippen LogP contribution < -0.4 is 16.4 Å². The second-order valence-corrected chi connectivity index (χ2v) is 13.3. The monoisotopic (exact) mass is 574 g/mol. The molecule has 3 rings (SSSR count). The van der Waals surface area contributed by atoms with Crippen molar-refractivity contribution < 1.29 is 33.5 Å². The minimum absolute atomic E-state index is 0.0159. The molecule has 11 nitrogen and oxygen atoms in total. The highest BCUT2D eigenvalue weighted by Crippen LogP contribution is 2.65. The number of hydrogen-bond acceptors (Lipinski definition) is 7. The smallest absolute Gasteiger partial charge is 0.408 e. The summed E-state index contributed by atoms with van der Waals surface area (Å²) in [6.45, 7) is 12.9. The number of piperidine rings is 1. The maximum absolute atomic E-state index is 14.0. The highest BCUT2D eigenvalue weighted by Gasteiger charge is 2.69. The van der Waals surface area contributed by atoms with Crippen LogP contribution in [0.25, 0.3) is 0 Å². The van der Waals surface area contributed by atoms with Gasteiger partial charge in [-0.15, -0.1) is 0 Å². The van der Waals surface area contributed by atoms with Crippen LogP contribution in [0, 0.1) is 23.2 Å². The first kappa shape index (κ1) is 32.3. The Balaban J connectivity index is 1.84. The molecule has 5 atom stereocenters. The number of hydrogen-bond donors (Lipinski definition) is 3. The third kappa shape index (κ3) is 7.54. The average Bonchev–Trinajstić information content (AvgIpc) is 3.17. The molecule has 0 bridgehead atoms. The van der Waals surface area contributed by atoms with Crippen LogP contribution in [0.1, 0.15) is 87.0 Å². The van der Waals surface area contributed by atoms with E-state index >= 15 is 0 Å². The van der Waals surface area contributed by atoms with Gasteiger partial charge in [0.15, 0.2) is 5.78 Å². The third-order valence-corrected chi connectivity index (χ3v) is 8.95. The van der Waals surface area contributed by atoms with E-state index in [1.54, 1.807) is 40.7 Å². The van der Waals surface area contributed by atoms with Crippen LogP contribution >= 0.6 is 0 Å². The van der Waals surface area contributed by atoms with Gasteiger partial charge >= 0.3 is 6.09 Å². The Bertz CT molecular complexity index is 1120. The van der Waals surface area contributed by atoms with E-state index in [0.717, 1.165) is 19.3 Å². The van der Waals surface area contributed by atoms with Crippen LogP contribution in [-0.4, -0.2) is 70.6 Å². The van der Waals surface area contributed by atoms with E-state index in [4.69, 9.17) is 10.5 Å². The Labute approximate surface area is 242 Å². The summed E-state index contributed by atoms with van der Waals surface area (Å²) in [5.41, 5.74) is 4.82. The molecule has 0 aromatic heterocycles. The van der Waals surface area contributed by atoms with Crippen LogP contribution in [0.3, 0.4) is 0 Å². The first-order valence-corrected chi connectivity index (χ1v) is 14.6. The Morgan fingerprint density at radius 1 is 1.07 bits per heavy atom. The molecule has 4 amide bonds. The summed E-state index contributed by atoms with van der Waals surface area (Å²) in [6.07, 6.45) is 4.09. The topological polar surface area (TPSA) is 165 Å². The van der Waals surface area contributed by atoms with Crippen molar-refractivity contribution in [2.45, 2.75) is 111 Å². The molecule has 11 heteroatoms. The molecule has 1 heterocycles. The number of nitrogens with one attached hydrogen (secondary N) is 2. The van der Waals surface area contributed by atoms with E-state index < -0.39 is 53.3 Å². The predicted molar refractivity (Wildman–Crippen MR) is 151 cm³/mol. The van der Waals surface area contributed by atoms with Crippen molar-refractivity contribution in [1.82, 2.24) is 15.5 Å². The Morgan fingerprint density at radius 3 is 2.22 bits per heavy atom. The number of amides is 4. The summed E-state index contributed by atoms with van der Waals surface area (Å²) in [4.78, 5) is 78.7. The fourth-order valence-electron chi connectivity index (χ4n) is 6.08. The Kier molecular flexibility index (Phi) is 9.70. The van der Waals surface area contributed by atoms with Crippen molar-refractivity contribution in [1.29, 1.82) is 0 Å². The van der Waals surface area contributed by atoms with Gasteiger partial charge in [0.25, 0.3) is 5.91 Å². The molecule has 3 aliphatic rings. The molecule has 228 valence electrons. The number of primary amides is 1. The van der Waals surface area contributed by atoms with Crippen molar-refractivity contribution >= 4 is 35.4 Å². The summed E-state index contributed by atoms with van der Waals surface area (Å²) in [5.74, 6) is -3.03. The fraction of sp³-hybridized carbons (Fsp3) is 0.733. The first-order chi connectivity index (χ1) is 19.0. The van der Waals surface area contributed by atoms with Crippen molar-refractivity contribution in [2.75, 3.05) is 6.54 Å². The lowest BCUT2D eigenvalue weighted by Crippen LogP contribution is -2.58. The van der Waals surface area contributed by atoms with Crippen molar-refractivity contribution in [3.8, 4) is 0 Å². The number of likely N-dealkylation sites (tertiary alicyclic amines) is 1. The number of Topliss-reactive ketones (excluding diaryl/α,β-unsaturated/α-hetero) is 2. The van der Waals surface area contributed by atoms with Crippen LogP contribution in [0.4, 0.5) is 4.79 Å². The maximum Gasteiger partial charge on any atom is 0.408 e. The van der Waals surface area contributed by atoms with Gasteiger partial charge in [-0.25, -0.2) is 4.79 Å². The molecular formula is C30H46N4O7. The van der Waals surface area contributed by atoms with Gasteiger partial charge in [-0.05, 0) is 76.2 Å². The number of ether oxygens (including phenoxy) is 1. The number of nitrogens with two attached hydrogens (primary N) is 1. The van der Waals surface area contributed by atoms with Gasteiger partial charge in [0, 0.05) is 13.0 Å². The molecule has 3 fully saturated rings. The lowest BCUT2D eigenvalue weighted by atomic mass is 9.80. The van der Waals surface area contributed by atoms with Crippen molar-refractivity contribution in [2.24, 2.45) is 28.9 Å². The van der Waals surface area contributed by atoms with Gasteiger partial charge in [0.1, 0.15) is 17.7 Å². The van der Waals surface area contributed by atoms with E-state index in [1.807, 2.05) is 13.8 Å². The molecule has 3 unspecified atom stereocenters. The summed E-state index contributed by atoms with van der Waals surface area (Å²) in [7, 11) is 0. The molecule has 41 heavy (non-hydrogen) atoms. The van der Waals surface area contributed by atoms with Crippen LogP contribution in [0.2, 0.25) is 0 Å². The number of nitrogens with zero attached hydrogens (tertiary/aromatic N) is 1. The third-order valence-electron chi connectivity index (χ3n) is 8.95. The molecule has 1 saturated heterocycles. The summed E-state index contributed by atoms with van der Waals surface area (Å²) < 4.78 is 5.37. The molecule has 0 spiro atoms. The van der Waals surface area contributed by atoms with E-state index in [2.05, 4.69) is 10.6 Å². The van der Waals surface area contributed by atoms with E-state index in [9.17, 15) is 28.8 Å². The molecule has 1 aliphatic heterocycles. The number of fused-ring (bicyclic) bond motifs is 1. The van der Waals surface area contributed by atoms with Crippen LogP contribution in [0.5, 0.6) is 0 Å². The average molecular weight is 575 g/mol. The maximum atomic E-state index is 14.0. The first-order valence-electron chi connectivity index (χ1n) is 14.6. The number of carbonyl (C=O) groups is 6. The number of rotatable bonds is 12. The molecule has 0 aromatic rings. The van der Waals surface area contributed by atoms with Gasteiger partial charge in [-0.2, -0.15) is 0 Å². The largest absolute Gasteiger partial charge is 0.444 e. The Morgan fingerprint density at radius 2 is 1.71 bits per heavy atom. The Hall–Kier alpha value is -3.24. The molecule has 2 saturated carbocycles. The quantitative estimate of drug-likeness (QED) is 0.238. The molecular weight excluding hydrogens is 528 g/mol. The van der Waals surface area contributed by atoms with E-state index in [-0.39, 0.29) is 41.8 Å². The number of alkyl carbamates (subject to hydrolysis) is 1. The lowest BCUT2D eigenvalue weighted by Gasteiger charge is -2.35. The zero-order valence-corrected chi connectivity index (χ0v) is 25.4. The second kappa shape index (κ2) is 12.3. The highest BCUT2D eigenvalue weighted by molar-refractivity contribution is 6.37. The van der Waals surface area contributed by atoms with Gasteiger partial charge < -0.3 is 26.0 Å². The van der Waals surface area contributed by atoms with E-state index in [1.165, 1.54) is 4.90 Å². The van der Waals surface area contributed by atoms with Crippen molar-refractivity contribution in [3.05, 3.63) is 11.6 Å². The summed E-state index contributed by atoms with van der Waals surface area (Å²) >= 11 is 0.